The minimum absolute atomic E-state index is 0.0267. The molecule has 1 atom stereocenters. The zero-order valence-corrected chi connectivity index (χ0v) is 11.7. The quantitative estimate of drug-likeness (QED) is 0.755. The summed E-state index contributed by atoms with van der Waals surface area (Å²) >= 11 is 0. The molecule has 0 N–H and O–H groups in total. The van der Waals surface area contributed by atoms with Crippen LogP contribution in [0.5, 0.6) is 5.75 Å². The van der Waals surface area contributed by atoms with Gasteiger partial charge in [0.15, 0.2) is 5.78 Å². The minimum atomic E-state index is -2.91. The summed E-state index contributed by atoms with van der Waals surface area (Å²) < 4.78 is 41.0. The van der Waals surface area contributed by atoms with Gasteiger partial charge in [-0.2, -0.15) is 8.78 Å². The second kappa shape index (κ2) is 6.53. The standard InChI is InChI=1S/C12H11F2N3O3S/c1-21(19)12-16-15-7-17(12)6-10(18)8-2-4-9(5-3-8)20-11(13)14/h2-5,7,11H,6H2,1H3/t21-/m1/s1. The van der Waals surface area contributed by atoms with Crippen molar-refractivity contribution in [1.29, 1.82) is 0 Å². The summed E-state index contributed by atoms with van der Waals surface area (Å²) in [6.45, 7) is -3.00. The van der Waals surface area contributed by atoms with Crippen LogP contribution in [0.4, 0.5) is 8.78 Å². The minimum Gasteiger partial charge on any atom is -0.435 e. The highest BCUT2D eigenvalue weighted by molar-refractivity contribution is 7.84. The first-order valence-corrected chi connectivity index (χ1v) is 7.32. The zero-order chi connectivity index (χ0) is 15.4. The predicted molar refractivity (Wildman–Crippen MR) is 69.8 cm³/mol. The number of rotatable bonds is 6. The van der Waals surface area contributed by atoms with Crippen molar-refractivity contribution in [2.45, 2.75) is 18.3 Å². The molecule has 0 bridgehead atoms. The number of alkyl halides is 2. The van der Waals surface area contributed by atoms with Gasteiger partial charge in [0.05, 0.1) is 17.3 Å². The Morgan fingerprint density at radius 3 is 2.62 bits per heavy atom. The summed E-state index contributed by atoms with van der Waals surface area (Å²) in [4.78, 5) is 12.1. The normalized spacial score (nSPS) is 12.4. The maximum absolute atomic E-state index is 12.1. The van der Waals surface area contributed by atoms with E-state index in [9.17, 15) is 17.8 Å². The van der Waals surface area contributed by atoms with Crippen molar-refractivity contribution in [3.8, 4) is 5.75 Å². The Morgan fingerprint density at radius 2 is 2.05 bits per heavy atom. The molecular formula is C12H11F2N3O3S. The fourth-order valence-electron chi connectivity index (χ4n) is 1.64. The molecule has 0 saturated heterocycles. The number of hydrogen-bond donors (Lipinski definition) is 0. The first-order chi connectivity index (χ1) is 9.97. The molecule has 0 fully saturated rings. The largest absolute Gasteiger partial charge is 0.435 e. The highest BCUT2D eigenvalue weighted by atomic mass is 32.2. The number of nitrogens with zero attached hydrogens (tertiary/aromatic N) is 3. The highest BCUT2D eigenvalue weighted by Crippen LogP contribution is 2.15. The molecule has 112 valence electrons. The van der Waals surface area contributed by atoms with Gasteiger partial charge in [-0.1, -0.05) is 0 Å². The average Bonchev–Trinajstić information content (AvgIpc) is 2.87. The summed E-state index contributed by atoms with van der Waals surface area (Å²) in [5.74, 6) is -0.314. The van der Waals surface area contributed by atoms with Crippen molar-refractivity contribution in [3.63, 3.8) is 0 Å². The second-order valence-corrected chi connectivity index (χ2v) is 5.29. The van der Waals surface area contributed by atoms with Crippen LogP contribution in [0.1, 0.15) is 10.4 Å². The van der Waals surface area contributed by atoms with Crippen molar-refractivity contribution in [1.82, 2.24) is 14.8 Å². The van der Waals surface area contributed by atoms with Gasteiger partial charge >= 0.3 is 6.61 Å². The van der Waals surface area contributed by atoms with E-state index in [-0.39, 0.29) is 23.2 Å². The van der Waals surface area contributed by atoms with E-state index in [1.54, 1.807) is 0 Å². The molecule has 1 heterocycles. The van der Waals surface area contributed by atoms with Gasteiger partial charge in [0.1, 0.15) is 12.1 Å². The number of aromatic nitrogens is 3. The lowest BCUT2D eigenvalue weighted by atomic mass is 10.1. The summed E-state index contributed by atoms with van der Waals surface area (Å²) in [6, 6.07) is 5.33. The van der Waals surface area contributed by atoms with E-state index in [2.05, 4.69) is 14.9 Å². The molecule has 1 aromatic heterocycles. The Hall–Kier alpha value is -2.16. The van der Waals surface area contributed by atoms with Crippen molar-refractivity contribution < 1.29 is 22.5 Å². The van der Waals surface area contributed by atoms with Gasteiger partial charge in [-0.3, -0.25) is 13.6 Å². The SMILES string of the molecule is C[S@@](=O)c1nncn1CC(=O)c1ccc(OC(F)F)cc1. The van der Waals surface area contributed by atoms with Gasteiger partial charge < -0.3 is 4.74 Å². The van der Waals surface area contributed by atoms with Crippen LogP contribution in [0, 0.1) is 0 Å². The van der Waals surface area contributed by atoms with Crippen LogP contribution in [0.3, 0.4) is 0 Å². The molecule has 0 saturated carbocycles. The third-order valence-electron chi connectivity index (χ3n) is 2.55. The molecule has 9 heteroatoms. The number of Topliss-reactive ketones (excluding diaryl/α,β-unsaturated/α-hetero) is 1. The van der Waals surface area contributed by atoms with E-state index in [0.717, 1.165) is 0 Å². The van der Waals surface area contributed by atoms with Gasteiger partial charge in [-0.05, 0) is 24.3 Å². The summed E-state index contributed by atoms with van der Waals surface area (Å²) in [6.07, 6.45) is 2.74. The monoisotopic (exact) mass is 315 g/mol. The Bertz CT molecular complexity index is 658. The molecule has 6 nitrogen and oxygen atoms in total. The lowest BCUT2D eigenvalue weighted by molar-refractivity contribution is -0.0498. The summed E-state index contributed by atoms with van der Waals surface area (Å²) in [7, 11) is -1.36. The van der Waals surface area contributed by atoms with Crippen LogP contribution in [-0.2, 0) is 17.3 Å². The first-order valence-electron chi connectivity index (χ1n) is 5.76. The fourth-order valence-corrected chi connectivity index (χ4v) is 2.25. The number of halogens is 2. The topological polar surface area (TPSA) is 74.1 Å². The van der Waals surface area contributed by atoms with E-state index in [1.807, 2.05) is 0 Å². The van der Waals surface area contributed by atoms with Crippen LogP contribution in [0.25, 0.3) is 0 Å². The van der Waals surface area contributed by atoms with E-state index in [0.29, 0.717) is 5.56 Å². The Balaban J connectivity index is 2.10. The van der Waals surface area contributed by atoms with Crippen LogP contribution >= 0.6 is 0 Å². The Kier molecular flexibility index (Phi) is 4.73. The third kappa shape index (κ3) is 3.91. The molecule has 0 aliphatic heterocycles. The number of benzene rings is 1. The van der Waals surface area contributed by atoms with Gasteiger partial charge in [-0.15, -0.1) is 10.2 Å². The molecule has 0 spiro atoms. The van der Waals surface area contributed by atoms with Gasteiger partial charge in [-0.25, -0.2) is 0 Å². The second-order valence-electron chi connectivity index (χ2n) is 4.02. The molecule has 0 aliphatic carbocycles. The molecule has 1 aromatic carbocycles. The fraction of sp³-hybridized carbons (Fsp3) is 0.250. The van der Waals surface area contributed by atoms with E-state index in [1.165, 1.54) is 41.4 Å². The molecule has 0 amide bonds. The van der Waals surface area contributed by atoms with E-state index < -0.39 is 17.4 Å². The number of ketones is 1. The van der Waals surface area contributed by atoms with Crippen molar-refractivity contribution in [2.24, 2.45) is 0 Å². The summed E-state index contributed by atoms with van der Waals surface area (Å²) in [5.41, 5.74) is 0.318. The van der Waals surface area contributed by atoms with Gasteiger partial charge in [0.25, 0.3) is 0 Å². The van der Waals surface area contributed by atoms with Crippen molar-refractivity contribution in [2.75, 3.05) is 6.26 Å². The lowest BCUT2D eigenvalue weighted by Gasteiger charge is -2.06. The molecular weight excluding hydrogens is 304 g/mol. The van der Waals surface area contributed by atoms with Crippen molar-refractivity contribution >= 4 is 16.6 Å². The van der Waals surface area contributed by atoms with Crippen LogP contribution in [0.15, 0.2) is 35.7 Å². The van der Waals surface area contributed by atoms with Crippen LogP contribution in [-0.4, -0.2) is 37.6 Å². The third-order valence-corrected chi connectivity index (χ3v) is 3.38. The molecule has 21 heavy (non-hydrogen) atoms. The zero-order valence-electron chi connectivity index (χ0n) is 10.9. The number of ether oxygens (including phenoxy) is 1. The number of hydrogen-bond acceptors (Lipinski definition) is 5. The molecule has 0 aliphatic rings. The maximum Gasteiger partial charge on any atom is 0.387 e. The van der Waals surface area contributed by atoms with E-state index >= 15 is 0 Å². The van der Waals surface area contributed by atoms with Gasteiger partial charge in [0, 0.05) is 11.8 Å². The first kappa shape index (κ1) is 15.2. The lowest BCUT2D eigenvalue weighted by Crippen LogP contribution is -2.13. The molecule has 2 rings (SSSR count). The van der Waals surface area contributed by atoms with Gasteiger partial charge in [0.2, 0.25) is 5.16 Å². The Labute approximate surface area is 121 Å². The smallest absolute Gasteiger partial charge is 0.387 e. The Morgan fingerprint density at radius 1 is 1.38 bits per heavy atom. The molecule has 0 unspecified atom stereocenters. The summed E-state index contributed by atoms with van der Waals surface area (Å²) in [5, 5.41) is 7.46. The van der Waals surface area contributed by atoms with Crippen LogP contribution in [0.2, 0.25) is 0 Å². The predicted octanol–water partition coefficient (Wildman–Crippen LogP) is 1.50. The number of carbonyl (C=O) groups is 1. The van der Waals surface area contributed by atoms with Crippen LogP contribution < -0.4 is 4.74 Å². The maximum atomic E-state index is 12.1. The average molecular weight is 315 g/mol. The van der Waals surface area contributed by atoms with E-state index in [4.69, 9.17) is 0 Å². The molecule has 0 radical (unpaired) electrons. The van der Waals surface area contributed by atoms with Crippen molar-refractivity contribution in [3.05, 3.63) is 36.2 Å². The molecule has 2 aromatic rings. The highest BCUT2D eigenvalue weighted by Gasteiger charge is 2.13. The number of carbonyl (C=O) groups excluding carboxylic acids is 1.